The molecule has 5 nitrogen and oxygen atoms in total. The Morgan fingerprint density at radius 3 is 2.52 bits per heavy atom. The number of hydrogen-bond acceptors (Lipinski definition) is 4. The molecule has 1 aromatic carbocycles. The van der Waals surface area contributed by atoms with Gasteiger partial charge in [0.25, 0.3) is 0 Å². The van der Waals surface area contributed by atoms with Crippen LogP contribution in [0.4, 0.5) is 18.0 Å². The largest absolute Gasteiger partial charge is 0.453 e. The van der Waals surface area contributed by atoms with Crippen LogP contribution in [0, 0.1) is 17.5 Å². The fourth-order valence-electron chi connectivity index (χ4n) is 2.32. The van der Waals surface area contributed by atoms with E-state index < -0.39 is 35.6 Å². The van der Waals surface area contributed by atoms with Crippen molar-refractivity contribution in [2.75, 3.05) is 26.8 Å². The van der Waals surface area contributed by atoms with Crippen molar-refractivity contribution in [2.24, 2.45) is 0 Å². The van der Waals surface area contributed by atoms with E-state index in [0.717, 1.165) is 12.1 Å². The average molecular weight is 304 g/mol. The van der Waals surface area contributed by atoms with Crippen molar-refractivity contribution in [3.05, 3.63) is 35.1 Å². The minimum Gasteiger partial charge on any atom is -0.453 e. The van der Waals surface area contributed by atoms with Crippen molar-refractivity contribution in [3.63, 3.8) is 0 Å². The zero-order valence-corrected chi connectivity index (χ0v) is 11.3. The van der Waals surface area contributed by atoms with Crippen LogP contribution in [0.1, 0.15) is 11.6 Å². The van der Waals surface area contributed by atoms with Gasteiger partial charge in [-0.15, -0.1) is 0 Å². The lowest BCUT2D eigenvalue weighted by Crippen LogP contribution is -2.55. The van der Waals surface area contributed by atoms with E-state index in [1.165, 1.54) is 12.0 Å². The first kappa shape index (κ1) is 15.6. The number of aliphatic hydroxyl groups excluding tert-OH is 1. The van der Waals surface area contributed by atoms with E-state index in [1.807, 2.05) is 0 Å². The second-order valence-electron chi connectivity index (χ2n) is 4.77. The number of aliphatic hydroxyl groups is 1. The normalized spacial score (nSPS) is 22.2. The number of carbonyl (C=O) groups is 1. The summed E-state index contributed by atoms with van der Waals surface area (Å²) in [5, 5.41) is 12.2. The lowest BCUT2D eigenvalue weighted by Gasteiger charge is -2.37. The Balaban J connectivity index is 2.27. The summed E-state index contributed by atoms with van der Waals surface area (Å²) in [6.07, 6.45) is -0.608. The molecule has 1 saturated heterocycles. The molecule has 1 fully saturated rings. The van der Waals surface area contributed by atoms with Gasteiger partial charge in [-0.2, -0.15) is 0 Å². The van der Waals surface area contributed by atoms with E-state index in [1.54, 1.807) is 0 Å². The molecule has 2 N–H and O–H groups in total. The summed E-state index contributed by atoms with van der Waals surface area (Å²) >= 11 is 0. The molecule has 1 amide bonds. The number of ether oxygens (including phenoxy) is 1. The van der Waals surface area contributed by atoms with Crippen LogP contribution >= 0.6 is 0 Å². The lowest BCUT2D eigenvalue weighted by molar-refractivity contribution is 0.0853. The Morgan fingerprint density at radius 2 is 2.00 bits per heavy atom. The molecule has 0 saturated carbocycles. The number of nitrogens with zero attached hydrogens (tertiary/aromatic N) is 1. The van der Waals surface area contributed by atoms with E-state index in [9.17, 15) is 23.1 Å². The van der Waals surface area contributed by atoms with Gasteiger partial charge in [-0.05, 0) is 17.7 Å². The number of benzene rings is 1. The smallest absolute Gasteiger partial charge is 0.409 e. The molecule has 2 unspecified atom stereocenters. The van der Waals surface area contributed by atoms with Crippen molar-refractivity contribution < 1.29 is 27.8 Å². The number of carbonyl (C=O) groups excluding carboxylic acids is 1. The van der Waals surface area contributed by atoms with Crippen molar-refractivity contribution >= 4 is 6.09 Å². The summed E-state index contributed by atoms with van der Waals surface area (Å²) in [6.45, 7) is 0.0235. The highest BCUT2D eigenvalue weighted by atomic mass is 19.2. The molecule has 1 aliphatic rings. The van der Waals surface area contributed by atoms with Crippen molar-refractivity contribution in [2.45, 2.75) is 12.1 Å². The van der Waals surface area contributed by atoms with Gasteiger partial charge in [0.15, 0.2) is 17.5 Å². The summed E-state index contributed by atoms with van der Waals surface area (Å²) < 4.78 is 44.2. The van der Waals surface area contributed by atoms with Gasteiger partial charge in [0.05, 0.1) is 19.8 Å². The number of piperazine rings is 1. The molecule has 2 rings (SSSR count). The molecule has 1 aliphatic heterocycles. The zero-order chi connectivity index (χ0) is 15.6. The molecule has 0 aromatic heterocycles. The van der Waals surface area contributed by atoms with Crippen LogP contribution in [0.5, 0.6) is 0 Å². The summed E-state index contributed by atoms with van der Waals surface area (Å²) in [5.74, 6) is -4.15. The van der Waals surface area contributed by atoms with Crippen LogP contribution in [0.3, 0.4) is 0 Å². The molecular weight excluding hydrogens is 289 g/mol. The summed E-state index contributed by atoms with van der Waals surface area (Å²) in [7, 11) is 1.21. The zero-order valence-electron chi connectivity index (χ0n) is 11.3. The van der Waals surface area contributed by atoms with Crippen LogP contribution in [0.15, 0.2) is 12.1 Å². The van der Waals surface area contributed by atoms with Gasteiger partial charge in [0.2, 0.25) is 0 Å². The molecule has 2 atom stereocenters. The molecule has 0 bridgehead atoms. The second-order valence-corrected chi connectivity index (χ2v) is 4.77. The molecule has 0 aliphatic carbocycles. The SMILES string of the molecule is COC(=O)N1CC(CO)NC(c2cc(F)c(F)c(F)c2)C1. The van der Waals surface area contributed by atoms with Gasteiger partial charge in [0.1, 0.15) is 0 Å². The van der Waals surface area contributed by atoms with Crippen molar-refractivity contribution in [3.8, 4) is 0 Å². The molecular formula is C13H15F3N2O3. The van der Waals surface area contributed by atoms with E-state index in [2.05, 4.69) is 10.1 Å². The summed E-state index contributed by atoms with van der Waals surface area (Å²) in [5.41, 5.74) is 0.151. The van der Waals surface area contributed by atoms with Gasteiger partial charge in [0, 0.05) is 19.1 Å². The number of halogens is 3. The third-order valence-corrected chi connectivity index (χ3v) is 3.34. The molecule has 1 aromatic rings. The maximum absolute atomic E-state index is 13.3. The van der Waals surface area contributed by atoms with Gasteiger partial charge in [-0.1, -0.05) is 0 Å². The third-order valence-electron chi connectivity index (χ3n) is 3.34. The van der Waals surface area contributed by atoms with E-state index in [-0.39, 0.29) is 25.3 Å². The fourth-order valence-corrected chi connectivity index (χ4v) is 2.32. The maximum atomic E-state index is 13.3. The monoisotopic (exact) mass is 304 g/mol. The second kappa shape index (κ2) is 6.31. The highest BCUT2D eigenvalue weighted by Gasteiger charge is 2.31. The van der Waals surface area contributed by atoms with E-state index in [0.29, 0.717) is 0 Å². The highest BCUT2D eigenvalue weighted by Crippen LogP contribution is 2.23. The Hall–Kier alpha value is -1.80. The summed E-state index contributed by atoms with van der Waals surface area (Å²) in [4.78, 5) is 12.9. The first-order valence-electron chi connectivity index (χ1n) is 6.30. The fraction of sp³-hybridized carbons (Fsp3) is 0.462. The van der Waals surface area contributed by atoms with Gasteiger partial charge < -0.3 is 20.1 Å². The Labute approximate surface area is 119 Å². The molecule has 116 valence electrons. The van der Waals surface area contributed by atoms with Crippen molar-refractivity contribution in [1.29, 1.82) is 0 Å². The van der Waals surface area contributed by atoms with E-state index in [4.69, 9.17) is 0 Å². The number of rotatable bonds is 2. The topological polar surface area (TPSA) is 61.8 Å². The number of amides is 1. The van der Waals surface area contributed by atoms with Crippen LogP contribution in [0.25, 0.3) is 0 Å². The minimum atomic E-state index is -1.54. The van der Waals surface area contributed by atoms with Gasteiger partial charge in [-0.25, -0.2) is 18.0 Å². The maximum Gasteiger partial charge on any atom is 0.409 e. The number of nitrogens with one attached hydrogen (secondary N) is 1. The first-order valence-corrected chi connectivity index (χ1v) is 6.30. The predicted octanol–water partition coefficient (Wildman–Crippen LogP) is 1.18. The number of hydrogen-bond donors (Lipinski definition) is 2. The standard InChI is InChI=1S/C13H15F3N2O3/c1-21-13(20)18-4-8(6-19)17-11(5-18)7-2-9(14)12(16)10(15)3-7/h2-3,8,11,17,19H,4-6H2,1H3. The highest BCUT2D eigenvalue weighted by molar-refractivity contribution is 5.67. The van der Waals surface area contributed by atoms with E-state index >= 15 is 0 Å². The lowest BCUT2D eigenvalue weighted by atomic mass is 10.0. The Bertz CT molecular complexity index is 518. The van der Waals surface area contributed by atoms with Crippen molar-refractivity contribution in [1.82, 2.24) is 10.2 Å². The molecule has 1 heterocycles. The minimum absolute atomic E-state index is 0.0910. The predicted molar refractivity (Wildman–Crippen MR) is 67.0 cm³/mol. The first-order chi connectivity index (χ1) is 9.96. The molecule has 8 heteroatoms. The number of methoxy groups -OCH3 is 1. The summed E-state index contributed by atoms with van der Waals surface area (Å²) in [6, 6.07) is 0.620. The average Bonchev–Trinajstić information content (AvgIpc) is 2.50. The Morgan fingerprint density at radius 1 is 1.38 bits per heavy atom. The van der Waals surface area contributed by atoms with Crippen LogP contribution < -0.4 is 5.32 Å². The third kappa shape index (κ3) is 3.27. The molecule has 0 radical (unpaired) electrons. The van der Waals surface area contributed by atoms with Gasteiger partial charge in [-0.3, -0.25) is 0 Å². The van der Waals surface area contributed by atoms with Crippen LogP contribution in [0.2, 0.25) is 0 Å². The van der Waals surface area contributed by atoms with Gasteiger partial charge >= 0.3 is 6.09 Å². The quantitative estimate of drug-likeness (QED) is 0.806. The molecule has 0 spiro atoms. The molecule has 21 heavy (non-hydrogen) atoms. The van der Waals surface area contributed by atoms with Crippen LogP contribution in [-0.2, 0) is 4.74 Å². The van der Waals surface area contributed by atoms with Crippen LogP contribution in [-0.4, -0.2) is 48.9 Å². The Kier molecular flexibility index (Phi) is 4.69.